The maximum atomic E-state index is 12.2. The van der Waals surface area contributed by atoms with Crippen LogP contribution in [-0.2, 0) is 12.8 Å². The molecule has 19 heavy (non-hydrogen) atoms. The summed E-state index contributed by atoms with van der Waals surface area (Å²) >= 11 is 0. The molecule has 1 amide bonds. The number of nitrogen functional groups attached to an aromatic ring is 1. The molecule has 1 heterocycles. The summed E-state index contributed by atoms with van der Waals surface area (Å²) in [7, 11) is 0. The molecule has 2 aromatic rings. The third-order valence-electron chi connectivity index (χ3n) is 3.59. The fraction of sp³-hybridized carbons (Fsp3) is 0.286. The van der Waals surface area contributed by atoms with Gasteiger partial charge in [0.2, 0.25) is 0 Å². The Labute approximate surface area is 111 Å². The summed E-state index contributed by atoms with van der Waals surface area (Å²) in [4.78, 5) is 12.2. The molecule has 1 aliphatic carbocycles. The highest BCUT2D eigenvalue weighted by Gasteiger charge is 2.24. The summed E-state index contributed by atoms with van der Waals surface area (Å²) in [6, 6.07) is 8.42. The topological polar surface area (TPSA) is 83.8 Å². The average molecular weight is 256 g/mol. The first-order chi connectivity index (χ1) is 9.15. The SMILES string of the molecule is Cc1[nH]nc(N)c1C(=O)NC1Cc2ccccc2C1. The first-order valence-corrected chi connectivity index (χ1v) is 6.33. The minimum absolute atomic E-state index is 0.138. The zero-order chi connectivity index (χ0) is 13.4. The van der Waals surface area contributed by atoms with E-state index >= 15 is 0 Å². The van der Waals surface area contributed by atoms with Gasteiger partial charge >= 0.3 is 0 Å². The van der Waals surface area contributed by atoms with Gasteiger partial charge in [0.1, 0.15) is 5.56 Å². The molecule has 0 unspecified atom stereocenters. The highest BCUT2D eigenvalue weighted by molar-refractivity contribution is 5.99. The quantitative estimate of drug-likeness (QED) is 0.754. The smallest absolute Gasteiger partial charge is 0.257 e. The molecule has 5 heteroatoms. The summed E-state index contributed by atoms with van der Waals surface area (Å²) in [6.07, 6.45) is 1.75. The average Bonchev–Trinajstić information content (AvgIpc) is 2.92. The van der Waals surface area contributed by atoms with Crippen molar-refractivity contribution in [2.24, 2.45) is 0 Å². The number of nitrogens with two attached hydrogens (primary N) is 1. The Morgan fingerprint density at radius 2 is 2.00 bits per heavy atom. The Hall–Kier alpha value is -2.30. The van der Waals surface area contributed by atoms with Gasteiger partial charge in [-0.05, 0) is 30.9 Å². The van der Waals surface area contributed by atoms with E-state index in [0.29, 0.717) is 11.3 Å². The van der Waals surface area contributed by atoms with Crippen LogP contribution in [0.3, 0.4) is 0 Å². The lowest BCUT2D eigenvalue weighted by Crippen LogP contribution is -2.35. The molecule has 0 spiro atoms. The number of aryl methyl sites for hydroxylation is 1. The number of hydrogen-bond donors (Lipinski definition) is 3. The van der Waals surface area contributed by atoms with E-state index < -0.39 is 0 Å². The van der Waals surface area contributed by atoms with Crippen molar-refractivity contribution >= 4 is 11.7 Å². The Morgan fingerprint density at radius 1 is 1.37 bits per heavy atom. The summed E-state index contributed by atoms with van der Waals surface area (Å²) in [5.74, 6) is 0.104. The molecular formula is C14H16N4O. The maximum absolute atomic E-state index is 12.2. The number of H-pyrrole nitrogens is 1. The zero-order valence-electron chi connectivity index (χ0n) is 10.7. The Bertz CT molecular complexity index is 588. The van der Waals surface area contributed by atoms with E-state index in [1.54, 1.807) is 6.92 Å². The monoisotopic (exact) mass is 256 g/mol. The van der Waals surface area contributed by atoms with Crippen molar-refractivity contribution < 1.29 is 4.79 Å². The molecule has 0 saturated heterocycles. The number of amides is 1. The third-order valence-corrected chi connectivity index (χ3v) is 3.59. The first-order valence-electron chi connectivity index (χ1n) is 6.33. The molecule has 3 rings (SSSR count). The molecule has 0 fully saturated rings. The molecule has 4 N–H and O–H groups in total. The third kappa shape index (κ3) is 2.07. The molecule has 0 bridgehead atoms. The molecule has 1 aromatic heterocycles. The Morgan fingerprint density at radius 3 is 2.53 bits per heavy atom. The first kappa shape index (κ1) is 11.8. The number of aromatic amines is 1. The summed E-state index contributed by atoms with van der Waals surface area (Å²) < 4.78 is 0. The maximum Gasteiger partial charge on any atom is 0.257 e. The van der Waals surface area contributed by atoms with Gasteiger partial charge in [-0.25, -0.2) is 0 Å². The van der Waals surface area contributed by atoms with Crippen LogP contribution < -0.4 is 11.1 Å². The molecule has 0 saturated carbocycles. The van der Waals surface area contributed by atoms with Crippen molar-refractivity contribution in [2.75, 3.05) is 5.73 Å². The molecular weight excluding hydrogens is 240 g/mol. The minimum Gasteiger partial charge on any atom is -0.382 e. The number of nitrogens with one attached hydrogen (secondary N) is 2. The van der Waals surface area contributed by atoms with Crippen molar-refractivity contribution in [2.45, 2.75) is 25.8 Å². The molecule has 0 atom stereocenters. The number of rotatable bonds is 2. The number of fused-ring (bicyclic) bond motifs is 1. The second-order valence-corrected chi connectivity index (χ2v) is 4.96. The van der Waals surface area contributed by atoms with Gasteiger partial charge < -0.3 is 11.1 Å². The van der Waals surface area contributed by atoms with Crippen LogP contribution in [0.2, 0.25) is 0 Å². The summed E-state index contributed by atoms with van der Waals surface area (Å²) in [6.45, 7) is 1.79. The number of aromatic nitrogens is 2. The van der Waals surface area contributed by atoms with Crippen molar-refractivity contribution in [1.29, 1.82) is 0 Å². The summed E-state index contributed by atoms with van der Waals surface area (Å²) in [5.41, 5.74) is 9.47. The highest BCUT2D eigenvalue weighted by atomic mass is 16.1. The lowest BCUT2D eigenvalue weighted by molar-refractivity contribution is 0.0939. The van der Waals surface area contributed by atoms with Crippen LogP contribution in [0.5, 0.6) is 0 Å². The number of hydrogen-bond acceptors (Lipinski definition) is 3. The van der Waals surface area contributed by atoms with E-state index in [4.69, 9.17) is 5.73 Å². The minimum atomic E-state index is -0.151. The van der Waals surface area contributed by atoms with E-state index in [1.165, 1.54) is 11.1 Å². The van der Waals surface area contributed by atoms with Gasteiger partial charge in [0.05, 0.1) is 0 Å². The lowest BCUT2D eigenvalue weighted by Gasteiger charge is -2.11. The van der Waals surface area contributed by atoms with E-state index in [-0.39, 0.29) is 17.8 Å². The standard InChI is InChI=1S/C14H16N4O/c1-8-12(13(15)18-17-8)14(19)16-11-6-9-4-2-3-5-10(9)7-11/h2-5,11H,6-7H2,1H3,(H,16,19)(H3,15,17,18). The molecule has 5 nitrogen and oxygen atoms in total. The van der Waals surface area contributed by atoms with Crippen LogP contribution in [-0.4, -0.2) is 22.1 Å². The van der Waals surface area contributed by atoms with Crippen LogP contribution >= 0.6 is 0 Å². The van der Waals surface area contributed by atoms with Crippen molar-refractivity contribution in [1.82, 2.24) is 15.5 Å². The number of benzene rings is 1. The van der Waals surface area contributed by atoms with Gasteiger partial charge in [-0.15, -0.1) is 0 Å². The zero-order valence-corrected chi connectivity index (χ0v) is 10.7. The molecule has 1 aliphatic rings. The van der Waals surface area contributed by atoms with Crippen LogP contribution in [0, 0.1) is 6.92 Å². The van der Waals surface area contributed by atoms with Crippen molar-refractivity contribution in [3.05, 3.63) is 46.6 Å². The van der Waals surface area contributed by atoms with E-state index in [2.05, 4.69) is 27.6 Å². The van der Waals surface area contributed by atoms with E-state index in [1.807, 2.05) is 12.1 Å². The Kier molecular flexibility index (Phi) is 2.74. The van der Waals surface area contributed by atoms with Crippen LogP contribution in [0.4, 0.5) is 5.82 Å². The fourth-order valence-electron chi connectivity index (χ4n) is 2.65. The number of carbonyl (C=O) groups excluding carboxylic acids is 1. The van der Waals surface area contributed by atoms with Crippen LogP contribution in [0.1, 0.15) is 27.2 Å². The fourth-order valence-corrected chi connectivity index (χ4v) is 2.65. The van der Waals surface area contributed by atoms with Crippen LogP contribution in [0.15, 0.2) is 24.3 Å². The highest BCUT2D eigenvalue weighted by Crippen LogP contribution is 2.22. The molecule has 98 valence electrons. The van der Waals surface area contributed by atoms with Gasteiger partial charge in [0.25, 0.3) is 5.91 Å². The second kappa shape index (κ2) is 4.42. The lowest BCUT2D eigenvalue weighted by atomic mass is 10.1. The van der Waals surface area contributed by atoms with Gasteiger partial charge in [-0.3, -0.25) is 9.89 Å². The van der Waals surface area contributed by atoms with Gasteiger partial charge in [0.15, 0.2) is 5.82 Å². The van der Waals surface area contributed by atoms with E-state index in [9.17, 15) is 4.79 Å². The second-order valence-electron chi connectivity index (χ2n) is 4.96. The van der Waals surface area contributed by atoms with Crippen molar-refractivity contribution in [3.8, 4) is 0 Å². The van der Waals surface area contributed by atoms with Crippen LogP contribution in [0.25, 0.3) is 0 Å². The number of carbonyl (C=O) groups is 1. The largest absolute Gasteiger partial charge is 0.382 e. The van der Waals surface area contributed by atoms with E-state index in [0.717, 1.165) is 12.8 Å². The van der Waals surface area contributed by atoms with Crippen molar-refractivity contribution in [3.63, 3.8) is 0 Å². The molecule has 0 radical (unpaired) electrons. The predicted octanol–water partition coefficient (Wildman–Crippen LogP) is 1.20. The normalized spacial score (nSPS) is 14.4. The number of anilines is 1. The molecule has 1 aromatic carbocycles. The Balaban J connectivity index is 1.73. The predicted molar refractivity (Wildman–Crippen MR) is 72.8 cm³/mol. The van der Waals surface area contributed by atoms with Gasteiger partial charge in [-0.2, -0.15) is 5.10 Å². The molecule has 0 aliphatic heterocycles. The van der Waals surface area contributed by atoms with Gasteiger partial charge in [0, 0.05) is 11.7 Å². The summed E-state index contributed by atoms with van der Waals surface area (Å²) in [5, 5.41) is 9.60. The number of nitrogens with zero attached hydrogens (tertiary/aromatic N) is 1. The van der Waals surface area contributed by atoms with Gasteiger partial charge in [-0.1, -0.05) is 24.3 Å².